The van der Waals surface area contributed by atoms with Gasteiger partial charge in [-0.25, -0.2) is 4.98 Å². The Labute approximate surface area is 217 Å². The molecular weight excluding hydrogens is 480 g/mol. The fourth-order valence-corrected chi connectivity index (χ4v) is 6.03. The van der Waals surface area contributed by atoms with Crippen molar-refractivity contribution < 1.29 is 13.0 Å². The lowest BCUT2D eigenvalue weighted by molar-refractivity contribution is 0.483. The number of rotatable bonds is 7. The van der Waals surface area contributed by atoms with Crippen LogP contribution in [-0.4, -0.2) is 22.5 Å². The number of hydrogen-bond acceptors (Lipinski definition) is 3. The van der Waals surface area contributed by atoms with Crippen LogP contribution in [0.3, 0.4) is 0 Å². The van der Waals surface area contributed by atoms with Crippen LogP contribution in [0.5, 0.6) is 0 Å². The predicted octanol–water partition coefficient (Wildman–Crippen LogP) is 6.51. The second kappa shape index (κ2) is 9.81. The van der Waals surface area contributed by atoms with E-state index < -0.39 is 15.7 Å². The van der Waals surface area contributed by atoms with Gasteiger partial charge >= 0.3 is 0 Å². The molecule has 0 fully saturated rings. The summed E-state index contributed by atoms with van der Waals surface area (Å²) < 4.78 is 36.9. The van der Waals surface area contributed by atoms with Gasteiger partial charge in [0, 0.05) is 11.8 Å². The summed E-state index contributed by atoms with van der Waals surface area (Å²) in [6.07, 6.45) is 4.23. The van der Waals surface area contributed by atoms with Crippen LogP contribution in [0, 0.1) is 6.92 Å². The summed E-state index contributed by atoms with van der Waals surface area (Å²) in [5.41, 5.74) is 5.03. The minimum absolute atomic E-state index is 0.134. The number of aromatic nitrogens is 2. The molecular formula is C31H28N2O3S. The van der Waals surface area contributed by atoms with E-state index in [1.54, 1.807) is 12.4 Å². The molecule has 186 valence electrons. The zero-order valence-electron chi connectivity index (χ0n) is 20.7. The lowest BCUT2D eigenvalue weighted by atomic mass is 9.76. The predicted molar refractivity (Wildman–Crippen MR) is 146 cm³/mol. The number of aryl methyl sites for hydroxylation is 1. The lowest BCUT2D eigenvalue weighted by Gasteiger charge is -2.37. The summed E-state index contributed by atoms with van der Waals surface area (Å²) in [6.45, 7) is 3.91. The third-order valence-electron chi connectivity index (χ3n) is 6.94. The van der Waals surface area contributed by atoms with Gasteiger partial charge in [-0.15, -0.1) is 0 Å². The van der Waals surface area contributed by atoms with Gasteiger partial charge < -0.3 is 4.57 Å². The molecule has 0 bridgehead atoms. The zero-order chi connectivity index (χ0) is 26.0. The third kappa shape index (κ3) is 4.28. The molecule has 0 atom stereocenters. The Hall–Kier alpha value is -4.00. The molecule has 0 unspecified atom stereocenters. The molecule has 1 heterocycles. The highest BCUT2D eigenvalue weighted by atomic mass is 32.2. The smallest absolute Gasteiger partial charge is 0.295 e. The average Bonchev–Trinajstić information content (AvgIpc) is 3.40. The first-order valence-corrected chi connectivity index (χ1v) is 13.6. The van der Waals surface area contributed by atoms with Crippen molar-refractivity contribution in [3.05, 3.63) is 143 Å². The Kier molecular flexibility index (Phi) is 6.54. The molecule has 0 amide bonds. The first-order chi connectivity index (χ1) is 17.9. The van der Waals surface area contributed by atoms with E-state index >= 15 is 0 Å². The quantitative estimate of drug-likeness (QED) is 0.201. The molecule has 5 aromatic rings. The molecule has 6 heteroatoms. The highest BCUT2D eigenvalue weighted by Crippen LogP contribution is 2.42. The summed E-state index contributed by atoms with van der Waals surface area (Å²) in [5.74, 6) is 0. The fraction of sp³-hybridized carbons (Fsp3) is 0.129. The molecule has 0 aliphatic carbocycles. The van der Waals surface area contributed by atoms with Gasteiger partial charge in [-0.3, -0.25) is 4.55 Å². The average molecular weight is 509 g/mol. The number of nitrogens with zero attached hydrogens (tertiary/aromatic N) is 2. The van der Waals surface area contributed by atoms with Crippen LogP contribution in [0.2, 0.25) is 0 Å². The van der Waals surface area contributed by atoms with Crippen molar-refractivity contribution in [2.24, 2.45) is 0 Å². The number of benzene rings is 4. The van der Waals surface area contributed by atoms with Gasteiger partial charge in [0.05, 0.1) is 12.0 Å². The van der Waals surface area contributed by atoms with E-state index in [2.05, 4.69) is 36.4 Å². The molecule has 0 radical (unpaired) electrons. The molecule has 4 aromatic carbocycles. The standard InChI is InChI=1S/C31H28N2O3S/c1-3-27-23(2)19-20-29(37(34,35)36)30(27)28-21-33(22-32-28)31(24-13-7-4-8-14-24,25-15-9-5-10-16-25)26-17-11-6-12-18-26/h4-22H,3H2,1-2H3,(H,34,35,36). The summed E-state index contributed by atoms with van der Waals surface area (Å²) >= 11 is 0. The van der Waals surface area contributed by atoms with E-state index in [1.165, 1.54) is 6.07 Å². The second-order valence-electron chi connectivity index (χ2n) is 9.04. The maximum atomic E-state index is 12.4. The largest absolute Gasteiger partial charge is 0.318 e. The molecule has 37 heavy (non-hydrogen) atoms. The van der Waals surface area contributed by atoms with E-state index in [0.29, 0.717) is 17.7 Å². The van der Waals surface area contributed by atoms with Crippen LogP contribution in [-0.2, 0) is 22.1 Å². The van der Waals surface area contributed by atoms with E-state index in [1.807, 2.05) is 79.2 Å². The van der Waals surface area contributed by atoms with Crippen molar-refractivity contribution in [1.82, 2.24) is 9.55 Å². The van der Waals surface area contributed by atoms with E-state index in [0.717, 1.165) is 27.8 Å². The van der Waals surface area contributed by atoms with E-state index in [-0.39, 0.29) is 4.90 Å². The summed E-state index contributed by atoms with van der Waals surface area (Å²) in [4.78, 5) is 4.61. The monoisotopic (exact) mass is 508 g/mol. The highest BCUT2D eigenvalue weighted by molar-refractivity contribution is 7.86. The SMILES string of the molecule is CCc1c(C)ccc(S(=O)(=O)O)c1-c1cn(C(c2ccccc2)(c2ccccc2)c2ccccc2)cn1. The van der Waals surface area contributed by atoms with Gasteiger partial charge in [-0.1, -0.05) is 104 Å². The van der Waals surface area contributed by atoms with Crippen molar-refractivity contribution in [3.8, 4) is 11.3 Å². The van der Waals surface area contributed by atoms with Crippen LogP contribution in [0.1, 0.15) is 34.7 Å². The Morgan fingerprint density at radius 3 is 1.70 bits per heavy atom. The van der Waals surface area contributed by atoms with Crippen molar-refractivity contribution >= 4 is 10.1 Å². The maximum absolute atomic E-state index is 12.4. The van der Waals surface area contributed by atoms with Crippen molar-refractivity contribution in [3.63, 3.8) is 0 Å². The van der Waals surface area contributed by atoms with Gasteiger partial charge in [0.25, 0.3) is 10.1 Å². The van der Waals surface area contributed by atoms with Crippen molar-refractivity contribution in [2.45, 2.75) is 30.7 Å². The number of imidazole rings is 1. The third-order valence-corrected chi connectivity index (χ3v) is 7.84. The van der Waals surface area contributed by atoms with Crippen molar-refractivity contribution in [1.29, 1.82) is 0 Å². The zero-order valence-corrected chi connectivity index (χ0v) is 21.6. The summed E-state index contributed by atoms with van der Waals surface area (Å²) in [6, 6.07) is 33.8. The molecule has 5 rings (SSSR count). The second-order valence-corrected chi connectivity index (χ2v) is 10.4. The summed E-state index contributed by atoms with van der Waals surface area (Å²) in [5, 5.41) is 0. The Morgan fingerprint density at radius 1 is 0.784 bits per heavy atom. The highest BCUT2D eigenvalue weighted by Gasteiger charge is 2.38. The Bertz CT molecular complexity index is 1530. The molecule has 1 aromatic heterocycles. The molecule has 0 saturated heterocycles. The fourth-order valence-electron chi connectivity index (χ4n) is 5.30. The normalized spacial score (nSPS) is 12.0. The van der Waals surface area contributed by atoms with Crippen LogP contribution in [0.4, 0.5) is 0 Å². The Balaban J connectivity index is 1.86. The maximum Gasteiger partial charge on any atom is 0.295 e. The van der Waals surface area contributed by atoms with Crippen LogP contribution < -0.4 is 0 Å². The summed E-state index contributed by atoms with van der Waals surface area (Å²) in [7, 11) is -4.46. The molecule has 1 N–H and O–H groups in total. The molecule has 0 saturated carbocycles. The van der Waals surface area contributed by atoms with Gasteiger partial charge in [0.2, 0.25) is 0 Å². The topological polar surface area (TPSA) is 72.2 Å². The molecule has 0 aliphatic rings. The minimum Gasteiger partial charge on any atom is -0.318 e. The van der Waals surface area contributed by atoms with Gasteiger partial charge in [0.15, 0.2) is 0 Å². The molecule has 0 aliphatic heterocycles. The molecule has 5 nitrogen and oxygen atoms in total. The first-order valence-electron chi connectivity index (χ1n) is 12.2. The lowest BCUT2D eigenvalue weighted by Crippen LogP contribution is -2.36. The van der Waals surface area contributed by atoms with Crippen LogP contribution in [0.25, 0.3) is 11.3 Å². The van der Waals surface area contributed by atoms with E-state index in [9.17, 15) is 13.0 Å². The van der Waals surface area contributed by atoms with E-state index in [4.69, 9.17) is 4.98 Å². The van der Waals surface area contributed by atoms with Gasteiger partial charge in [-0.05, 0) is 47.2 Å². The van der Waals surface area contributed by atoms with Gasteiger partial charge in [0.1, 0.15) is 10.4 Å². The van der Waals surface area contributed by atoms with Crippen LogP contribution >= 0.6 is 0 Å². The van der Waals surface area contributed by atoms with Crippen LogP contribution in [0.15, 0.2) is 121 Å². The van der Waals surface area contributed by atoms with Gasteiger partial charge in [-0.2, -0.15) is 8.42 Å². The van der Waals surface area contributed by atoms with Crippen molar-refractivity contribution in [2.75, 3.05) is 0 Å². The first kappa shape index (κ1) is 24.7. The minimum atomic E-state index is -4.46. The number of hydrogen-bond donors (Lipinski definition) is 1. The molecule has 0 spiro atoms. The Morgan fingerprint density at radius 2 is 1.27 bits per heavy atom.